The zero-order chi connectivity index (χ0) is 15.5. The number of thiophene rings is 1. The molecule has 0 atom stereocenters. The lowest BCUT2D eigenvalue weighted by molar-refractivity contribution is 0.570. The van der Waals surface area contributed by atoms with Gasteiger partial charge in [0, 0.05) is 17.5 Å². The number of hydrogen-bond donors (Lipinski definition) is 2. The Bertz CT molecular complexity index is 706. The molecule has 114 valence electrons. The minimum absolute atomic E-state index is 0.136. The van der Waals surface area contributed by atoms with Gasteiger partial charge in [0.1, 0.15) is 4.90 Å². The van der Waals surface area contributed by atoms with Crippen LogP contribution in [-0.2, 0) is 16.6 Å². The zero-order valence-corrected chi connectivity index (χ0v) is 14.0. The number of aryl methyl sites for hydroxylation is 1. The lowest BCUT2D eigenvalue weighted by Crippen LogP contribution is -2.30. The molecule has 0 saturated heterocycles. The van der Waals surface area contributed by atoms with Crippen LogP contribution < -0.4 is 10.0 Å². The van der Waals surface area contributed by atoms with Gasteiger partial charge in [0.25, 0.3) is 0 Å². The summed E-state index contributed by atoms with van der Waals surface area (Å²) in [6, 6.07) is 8.90. The topological polar surface area (TPSA) is 58.2 Å². The third kappa shape index (κ3) is 4.06. The second kappa shape index (κ2) is 6.60. The molecular weight excluding hydrogens is 304 g/mol. The molecule has 0 amide bonds. The Kier molecular flexibility index (Phi) is 5.03. The monoisotopic (exact) mass is 324 g/mol. The lowest BCUT2D eigenvalue weighted by atomic mass is 10.2. The van der Waals surface area contributed by atoms with E-state index < -0.39 is 10.0 Å². The molecule has 0 radical (unpaired) electrons. The summed E-state index contributed by atoms with van der Waals surface area (Å²) in [5.74, 6) is 0. The van der Waals surface area contributed by atoms with Gasteiger partial charge in [0.05, 0.1) is 5.69 Å². The molecule has 6 heteroatoms. The molecule has 4 nitrogen and oxygen atoms in total. The molecular formula is C15H20N2O2S2. The van der Waals surface area contributed by atoms with Crippen molar-refractivity contribution >= 4 is 27.0 Å². The van der Waals surface area contributed by atoms with Crippen molar-refractivity contribution in [1.82, 2.24) is 4.72 Å². The minimum Gasteiger partial charge on any atom is -0.379 e. The summed E-state index contributed by atoms with van der Waals surface area (Å²) in [5.41, 5.74) is 1.84. The van der Waals surface area contributed by atoms with Gasteiger partial charge in [-0.15, -0.1) is 11.3 Å². The first-order valence-corrected chi connectivity index (χ1v) is 9.14. The smallest absolute Gasteiger partial charge is 0.242 e. The van der Waals surface area contributed by atoms with Crippen molar-refractivity contribution in [2.45, 2.75) is 38.3 Å². The van der Waals surface area contributed by atoms with Gasteiger partial charge < -0.3 is 5.32 Å². The second-order valence-electron chi connectivity index (χ2n) is 5.15. The molecule has 1 heterocycles. The fourth-order valence-electron chi connectivity index (χ4n) is 1.98. The van der Waals surface area contributed by atoms with Gasteiger partial charge in [-0.2, -0.15) is 0 Å². The molecule has 2 N–H and O–H groups in total. The van der Waals surface area contributed by atoms with Crippen LogP contribution in [-0.4, -0.2) is 14.5 Å². The van der Waals surface area contributed by atoms with Crippen molar-refractivity contribution in [1.29, 1.82) is 0 Å². The third-order valence-corrected chi connectivity index (χ3v) is 5.71. The number of benzene rings is 1. The number of nitrogens with one attached hydrogen (secondary N) is 2. The molecule has 0 aliphatic heterocycles. The minimum atomic E-state index is -3.50. The average molecular weight is 324 g/mol. The van der Waals surface area contributed by atoms with Crippen LogP contribution in [0.3, 0.4) is 0 Å². The molecule has 0 unspecified atom stereocenters. The molecule has 0 aliphatic carbocycles. The predicted octanol–water partition coefficient (Wildman–Crippen LogP) is 3.36. The molecule has 1 aromatic heterocycles. The Balaban J connectivity index is 2.23. The van der Waals surface area contributed by atoms with Crippen molar-refractivity contribution in [2.24, 2.45) is 0 Å². The van der Waals surface area contributed by atoms with Gasteiger partial charge in [-0.25, -0.2) is 13.1 Å². The van der Waals surface area contributed by atoms with Gasteiger partial charge in [0.15, 0.2) is 0 Å². The molecule has 0 aliphatic rings. The summed E-state index contributed by atoms with van der Waals surface area (Å²) in [7, 11) is -3.50. The quantitative estimate of drug-likeness (QED) is 0.856. The summed E-state index contributed by atoms with van der Waals surface area (Å²) in [6.07, 6.45) is 0. The van der Waals surface area contributed by atoms with Gasteiger partial charge in [-0.1, -0.05) is 12.1 Å². The lowest BCUT2D eigenvalue weighted by Gasteiger charge is -2.14. The van der Waals surface area contributed by atoms with E-state index in [1.54, 1.807) is 29.5 Å². The Hall–Kier alpha value is -1.37. The Labute approximate surface area is 130 Å². The van der Waals surface area contributed by atoms with Crippen LogP contribution in [0.2, 0.25) is 0 Å². The maximum atomic E-state index is 12.3. The van der Waals surface area contributed by atoms with E-state index in [1.807, 2.05) is 25.3 Å². The third-order valence-electron chi connectivity index (χ3n) is 2.97. The van der Waals surface area contributed by atoms with Crippen LogP contribution >= 0.6 is 11.3 Å². The Morgan fingerprint density at radius 1 is 1.19 bits per heavy atom. The highest BCUT2D eigenvalue weighted by Crippen LogP contribution is 2.23. The van der Waals surface area contributed by atoms with E-state index in [0.717, 1.165) is 0 Å². The maximum Gasteiger partial charge on any atom is 0.242 e. The molecule has 1 aromatic carbocycles. The maximum absolute atomic E-state index is 12.3. The van der Waals surface area contributed by atoms with E-state index in [9.17, 15) is 8.42 Å². The van der Waals surface area contributed by atoms with Crippen molar-refractivity contribution in [3.8, 4) is 0 Å². The van der Waals surface area contributed by atoms with E-state index in [-0.39, 0.29) is 10.9 Å². The number of sulfonamides is 1. The number of para-hydroxylation sites is 1. The highest BCUT2D eigenvalue weighted by Gasteiger charge is 2.19. The zero-order valence-electron chi connectivity index (χ0n) is 12.4. The van der Waals surface area contributed by atoms with Crippen LogP contribution in [0.4, 0.5) is 5.69 Å². The van der Waals surface area contributed by atoms with Gasteiger partial charge in [-0.05, 0) is 49.9 Å². The first-order chi connectivity index (χ1) is 9.90. The van der Waals surface area contributed by atoms with Crippen molar-refractivity contribution < 1.29 is 8.42 Å². The summed E-state index contributed by atoms with van der Waals surface area (Å²) < 4.78 is 27.3. The van der Waals surface area contributed by atoms with E-state index in [2.05, 4.69) is 23.0 Å². The van der Waals surface area contributed by atoms with Crippen molar-refractivity contribution in [2.75, 3.05) is 5.32 Å². The summed E-state index contributed by atoms with van der Waals surface area (Å²) >= 11 is 1.67. The number of hydrogen-bond acceptors (Lipinski definition) is 4. The normalized spacial score (nSPS) is 11.8. The molecule has 0 spiro atoms. The number of anilines is 1. The van der Waals surface area contributed by atoms with Crippen LogP contribution in [0.1, 0.15) is 24.3 Å². The molecule has 0 bridgehead atoms. The SMILES string of the molecule is Cc1ccsc1CNc1ccccc1S(=O)(=O)NC(C)C. The van der Waals surface area contributed by atoms with E-state index in [0.29, 0.717) is 12.2 Å². The van der Waals surface area contributed by atoms with Crippen LogP contribution in [0, 0.1) is 6.92 Å². The fourth-order valence-corrected chi connectivity index (χ4v) is 4.26. The van der Waals surface area contributed by atoms with E-state index in [4.69, 9.17) is 0 Å². The predicted molar refractivity (Wildman–Crippen MR) is 88.3 cm³/mol. The number of rotatable bonds is 6. The van der Waals surface area contributed by atoms with Gasteiger partial charge >= 0.3 is 0 Å². The summed E-state index contributed by atoms with van der Waals surface area (Å²) in [5, 5.41) is 5.26. The van der Waals surface area contributed by atoms with Crippen LogP contribution in [0.15, 0.2) is 40.6 Å². The van der Waals surface area contributed by atoms with Crippen molar-refractivity contribution in [3.05, 3.63) is 46.2 Å². The summed E-state index contributed by atoms with van der Waals surface area (Å²) in [6.45, 7) is 6.29. The molecule has 2 aromatic rings. The van der Waals surface area contributed by atoms with E-state index in [1.165, 1.54) is 10.4 Å². The largest absolute Gasteiger partial charge is 0.379 e. The second-order valence-corrected chi connectivity index (χ2v) is 7.84. The first kappa shape index (κ1) is 16.0. The van der Waals surface area contributed by atoms with E-state index >= 15 is 0 Å². The van der Waals surface area contributed by atoms with Crippen LogP contribution in [0.5, 0.6) is 0 Å². The first-order valence-electron chi connectivity index (χ1n) is 6.78. The molecule has 0 fully saturated rings. The van der Waals surface area contributed by atoms with Crippen LogP contribution in [0.25, 0.3) is 0 Å². The molecule has 2 rings (SSSR count). The van der Waals surface area contributed by atoms with Gasteiger partial charge in [0.2, 0.25) is 10.0 Å². The Morgan fingerprint density at radius 3 is 2.52 bits per heavy atom. The van der Waals surface area contributed by atoms with Crippen molar-refractivity contribution in [3.63, 3.8) is 0 Å². The fraction of sp³-hybridized carbons (Fsp3) is 0.333. The standard InChI is InChI=1S/C15H20N2O2S2/c1-11(2)17-21(18,19)15-7-5-4-6-13(15)16-10-14-12(3)8-9-20-14/h4-9,11,16-17H,10H2,1-3H3. The van der Waals surface area contributed by atoms with Gasteiger partial charge in [-0.3, -0.25) is 0 Å². The molecule has 21 heavy (non-hydrogen) atoms. The highest BCUT2D eigenvalue weighted by atomic mass is 32.2. The molecule has 0 saturated carbocycles. The average Bonchev–Trinajstić information content (AvgIpc) is 2.81. The Morgan fingerprint density at radius 2 is 1.90 bits per heavy atom. The summed E-state index contributed by atoms with van der Waals surface area (Å²) in [4.78, 5) is 1.49. The highest BCUT2D eigenvalue weighted by molar-refractivity contribution is 7.89.